The molecule has 0 fully saturated rings. The molecule has 2 rings (SSSR count). The second kappa shape index (κ2) is 7.96. The fourth-order valence-corrected chi connectivity index (χ4v) is 1.91. The summed E-state index contributed by atoms with van der Waals surface area (Å²) < 4.78 is 26.1. The van der Waals surface area contributed by atoms with Crippen molar-refractivity contribution in [1.29, 1.82) is 5.41 Å². The van der Waals surface area contributed by atoms with Gasteiger partial charge in [0.05, 0.1) is 0 Å². The third-order valence-corrected chi connectivity index (χ3v) is 3.12. The van der Waals surface area contributed by atoms with Gasteiger partial charge in [-0.2, -0.15) is 0 Å². The Balaban J connectivity index is 2.00. The Morgan fingerprint density at radius 2 is 1.96 bits per heavy atom. The minimum atomic E-state index is -0.891. The topological polar surface area (TPSA) is 77.9 Å². The SMILES string of the molecule is CN/C=C\C(=N)C(=O)Nc1ccc(Cc2ccc(F)c(F)c2)cn1. The smallest absolute Gasteiger partial charge is 0.274 e. The molecule has 0 aliphatic rings. The molecular weight excluding hydrogens is 314 g/mol. The molecule has 5 nitrogen and oxygen atoms in total. The molecule has 0 bridgehead atoms. The lowest BCUT2D eigenvalue weighted by Gasteiger charge is -2.06. The maximum atomic E-state index is 13.2. The Kier molecular flexibility index (Phi) is 5.73. The molecule has 1 aromatic heterocycles. The van der Waals surface area contributed by atoms with Gasteiger partial charge in [0, 0.05) is 13.2 Å². The summed E-state index contributed by atoms with van der Waals surface area (Å²) in [5, 5.41) is 12.7. The molecule has 1 heterocycles. The van der Waals surface area contributed by atoms with E-state index in [1.807, 2.05) is 0 Å². The van der Waals surface area contributed by atoms with Gasteiger partial charge >= 0.3 is 0 Å². The van der Waals surface area contributed by atoms with Crippen LogP contribution in [0.25, 0.3) is 0 Å². The van der Waals surface area contributed by atoms with Crippen molar-refractivity contribution in [3.63, 3.8) is 0 Å². The van der Waals surface area contributed by atoms with Gasteiger partial charge in [-0.15, -0.1) is 0 Å². The van der Waals surface area contributed by atoms with Crippen LogP contribution in [-0.2, 0) is 11.2 Å². The molecule has 0 saturated heterocycles. The van der Waals surface area contributed by atoms with Gasteiger partial charge in [0.2, 0.25) is 0 Å². The van der Waals surface area contributed by atoms with Crippen LogP contribution in [0, 0.1) is 17.0 Å². The summed E-state index contributed by atoms with van der Waals surface area (Å²) in [5.41, 5.74) is 1.19. The highest BCUT2D eigenvalue weighted by Gasteiger charge is 2.08. The summed E-state index contributed by atoms with van der Waals surface area (Å²) in [5.74, 6) is -2.05. The van der Waals surface area contributed by atoms with Gasteiger partial charge in [-0.3, -0.25) is 10.2 Å². The predicted molar refractivity (Wildman–Crippen MR) is 88.0 cm³/mol. The molecule has 0 unspecified atom stereocenters. The number of halogens is 2. The Morgan fingerprint density at radius 1 is 1.21 bits per heavy atom. The zero-order valence-corrected chi connectivity index (χ0v) is 12.9. The predicted octanol–water partition coefficient (Wildman–Crippen LogP) is 2.64. The molecule has 0 saturated carbocycles. The highest BCUT2D eigenvalue weighted by Crippen LogP contribution is 2.14. The van der Waals surface area contributed by atoms with E-state index in [0.717, 1.165) is 17.7 Å². The molecule has 124 valence electrons. The van der Waals surface area contributed by atoms with Crippen molar-refractivity contribution in [1.82, 2.24) is 10.3 Å². The van der Waals surface area contributed by atoms with Crippen LogP contribution in [0.5, 0.6) is 0 Å². The van der Waals surface area contributed by atoms with Gasteiger partial charge in [-0.25, -0.2) is 13.8 Å². The standard InChI is InChI=1S/C17H16F2N4O/c1-21-7-6-15(20)17(24)23-16-5-3-12(10-22-16)8-11-2-4-13(18)14(19)9-11/h2-7,9-10,20-21H,8H2,1H3,(H,22,23,24)/b7-6-,20-15?. The van der Waals surface area contributed by atoms with E-state index in [4.69, 9.17) is 5.41 Å². The van der Waals surface area contributed by atoms with Crippen LogP contribution in [-0.4, -0.2) is 23.7 Å². The second-order valence-corrected chi connectivity index (χ2v) is 4.97. The van der Waals surface area contributed by atoms with Crippen molar-refractivity contribution in [3.8, 4) is 0 Å². The van der Waals surface area contributed by atoms with E-state index < -0.39 is 17.5 Å². The third-order valence-electron chi connectivity index (χ3n) is 3.12. The zero-order chi connectivity index (χ0) is 17.5. The second-order valence-electron chi connectivity index (χ2n) is 4.97. The maximum absolute atomic E-state index is 13.2. The van der Waals surface area contributed by atoms with Crippen LogP contribution in [0.4, 0.5) is 14.6 Å². The number of benzene rings is 1. The Labute approximate surface area is 137 Å². The molecule has 1 amide bonds. The lowest BCUT2D eigenvalue weighted by Crippen LogP contribution is -2.21. The van der Waals surface area contributed by atoms with Gasteiger partial charge in [0.25, 0.3) is 5.91 Å². The average Bonchev–Trinajstić information content (AvgIpc) is 2.57. The number of nitrogens with one attached hydrogen (secondary N) is 3. The summed E-state index contributed by atoms with van der Waals surface area (Å²) in [7, 11) is 1.66. The minimum Gasteiger partial charge on any atom is -0.394 e. The maximum Gasteiger partial charge on any atom is 0.274 e. The van der Waals surface area contributed by atoms with Crippen molar-refractivity contribution in [2.24, 2.45) is 0 Å². The largest absolute Gasteiger partial charge is 0.394 e. The lowest BCUT2D eigenvalue weighted by atomic mass is 10.1. The Bertz CT molecular complexity index is 773. The van der Waals surface area contributed by atoms with Crippen LogP contribution in [0.1, 0.15) is 11.1 Å². The van der Waals surface area contributed by atoms with E-state index in [0.29, 0.717) is 17.8 Å². The molecule has 0 spiro atoms. The van der Waals surface area contributed by atoms with Crippen molar-refractivity contribution >= 4 is 17.4 Å². The highest BCUT2D eigenvalue weighted by molar-refractivity contribution is 6.45. The monoisotopic (exact) mass is 330 g/mol. The van der Waals surface area contributed by atoms with Gasteiger partial charge < -0.3 is 10.6 Å². The summed E-state index contributed by atoms with van der Waals surface area (Å²) in [4.78, 5) is 15.8. The van der Waals surface area contributed by atoms with Gasteiger partial charge in [-0.1, -0.05) is 12.1 Å². The zero-order valence-electron chi connectivity index (χ0n) is 12.9. The van der Waals surface area contributed by atoms with Gasteiger partial charge in [0.15, 0.2) is 11.6 Å². The van der Waals surface area contributed by atoms with Crippen LogP contribution in [0.3, 0.4) is 0 Å². The van der Waals surface area contributed by atoms with Crippen LogP contribution in [0.2, 0.25) is 0 Å². The first kappa shape index (κ1) is 17.3. The lowest BCUT2D eigenvalue weighted by molar-refractivity contribution is -0.110. The number of aromatic nitrogens is 1. The number of amides is 1. The quantitative estimate of drug-likeness (QED) is 0.713. The molecule has 0 atom stereocenters. The van der Waals surface area contributed by atoms with E-state index in [2.05, 4.69) is 15.6 Å². The molecule has 2 aromatic rings. The van der Waals surface area contributed by atoms with E-state index in [-0.39, 0.29) is 5.71 Å². The van der Waals surface area contributed by atoms with Crippen LogP contribution < -0.4 is 10.6 Å². The molecular formula is C17H16F2N4O. The van der Waals surface area contributed by atoms with Crippen molar-refractivity contribution in [3.05, 3.63) is 71.6 Å². The normalized spacial score (nSPS) is 10.6. The van der Waals surface area contributed by atoms with E-state index >= 15 is 0 Å². The fraction of sp³-hybridized carbons (Fsp3) is 0.118. The number of hydrogen-bond donors (Lipinski definition) is 3. The van der Waals surface area contributed by atoms with Crippen molar-refractivity contribution in [2.45, 2.75) is 6.42 Å². The average molecular weight is 330 g/mol. The molecule has 0 aliphatic carbocycles. The van der Waals surface area contributed by atoms with Crippen molar-refractivity contribution in [2.75, 3.05) is 12.4 Å². The van der Waals surface area contributed by atoms with Crippen molar-refractivity contribution < 1.29 is 13.6 Å². The van der Waals surface area contributed by atoms with Crippen LogP contribution >= 0.6 is 0 Å². The van der Waals surface area contributed by atoms with Gasteiger partial charge in [-0.05, 0) is 48.0 Å². The number of carbonyl (C=O) groups excluding carboxylic acids is 1. The fourth-order valence-electron chi connectivity index (χ4n) is 1.91. The number of rotatable bonds is 6. The molecule has 0 aliphatic heterocycles. The third kappa shape index (κ3) is 4.70. The highest BCUT2D eigenvalue weighted by atomic mass is 19.2. The van der Waals surface area contributed by atoms with E-state index in [1.54, 1.807) is 19.2 Å². The number of hydrogen-bond acceptors (Lipinski definition) is 4. The summed E-state index contributed by atoms with van der Waals surface area (Å²) in [6.07, 6.45) is 4.72. The summed E-state index contributed by atoms with van der Waals surface area (Å²) in [6.45, 7) is 0. The van der Waals surface area contributed by atoms with Crippen LogP contribution in [0.15, 0.2) is 48.8 Å². The van der Waals surface area contributed by atoms with E-state index in [9.17, 15) is 13.6 Å². The molecule has 24 heavy (non-hydrogen) atoms. The summed E-state index contributed by atoms with van der Waals surface area (Å²) >= 11 is 0. The molecule has 1 aromatic carbocycles. The number of nitrogens with zero attached hydrogens (tertiary/aromatic N) is 1. The van der Waals surface area contributed by atoms with Gasteiger partial charge in [0.1, 0.15) is 11.5 Å². The number of pyridine rings is 1. The number of anilines is 1. The molecule has 7 heteroatoms. The number of carbonyl (C=O) groups is 1. The Morgan fingerprint density at radius 3 is 2.58 bits per heavy atom. The minimum absolute atomic E-state index is 0.211. The van der Waals surface area contributed by atoms with E-state index in [1.165, 1.54) is 24.5 Å². The first-order chi connectivity index (χ1) is 11.5. The first-order valence-electron chi connectivity index (χ1n) is 7.12. The molecule has 3 N–H and O–H groups in total. The molecule has 0 radical (unpaired) electrons. The Hall–Kier alpha value is -3.09. The first-order valence-corrected chi connectivity index (χ1v) is 7.12. The summed E-state index contributed by atoms with van der Waals surface area (Å²) in [6, 6.07) is 7.03.